The molecule has 1 aromatic rings. The van der Waals surface area contributed by atoms with E-state index >= 15 is 0 Å². The SMILES string of the molecule is C[C@H](NS(=O)(=O)c1ccc(F)cc1)C(=O)OC(C)(C)C. The molecule has 0 saturated carbocycles. The molecule has 0 fully saturated rings. The second kappa shape index (κ2) is 5.88. The Morgan fingerprint density at radius 2 is 1.75 bits per heavy atom. The van der Waals surface area contributed by atoms with Gasteiger partial charge < -0.3 is 4.74 Å². The van der Waals surface area contributed by atoms with Crippen LogP contribution in [0.3, 0.4) is 0 Å². The van der Waals surface area contributed by atoms with Crippen molar-refractivity contribution in [2.75, 3.05) is 0 Å². The number of esters is 1. The summed E-state index contributed by atoms with van der Waals surface area (Å²) in [6, 6.07) is 3.28. The highest BCUT2D eigenvalue weighted by Crippen LogP contribution is 2.12. The van der Waals surface area contributed by atoms with Crippen molar-refractivity contribution < 1.29 is 22.3 Å². The van der Waals surface area contributed by atoms with Crippen LogP contribution in [0, 0.1) is 5.82 Å². The smallest absolute Gasteiger partial charge is 0.324 e. The van der Waals surface area contributed by atoms with Gasteiger partial charge in [-0.15, -0.1) is 0 Å². The number of carbonyl (C=O) groups excluding carboxylic acids is 1. The van der Waals surface area contributed by atoms with Crippen molar-refractivity contribution in [2.45, 2.75) is 44.2 Å². The van der Waals surface area contributed by atoms with E-state index < -0.39 is 33.5 Å². The number of carbonyl (C=O) groups is 1. The fourth-order valence-electron chi connectivity index (χ4n) is 1.35. The molecule has 0 amide bonds. The van der Waals surface area contributed by atoms with Crippen LogP contribution in [0.25, 0.3) is 0 Å². The van der Waals surface area contributed by atoms with Crippen LogP contribution < -0.4 is 4.72 Å². The number of nitrogens with one attached hydrogen (secondary N) is 1. The lowest BCUT2D eigenvalue weighted by atomic mass is 10.2. The highest BCUT2D eigenvalue weighted by Gasteiger charge is 2.26. The second-order valence-electron chi connectivity index (χ2n) is 5.33. The van der Waals surface area contributed by atoms with Gasteiger partial charge in [-0.3, -0.25) is 4.79 Å². The summed E-state index contributed by atoms with van der Waals surface area (Å²) in [5, 5.41) is 0. The molecular weight excluding hydrogens is 285 g/mol. The standard InChI is InChI=1S/C13H18FNO4S/c1-9(12(16)19-13(2,3)4)15-20(17,18)11-7-5-10(14)6-8-11/h5-9,15H,1-4H3/t9-/m0/s1. The molecule has 0 radical (unpaired) electrons. The molecule has 0 aliphatic heterocycles. The summed E-state index contributed by atoms with van der Waals surface area (Å²) >= 11 is 0. The minimum absolute atomic E-state index is 0.116. The molecule has 7 heteroatoms. The maximum absolute atomic E-state index is 12.8. The average Bonchev–Trinajstić information content (AvgIpc) is 2.26. The van der Waals surface area contributed by atoms with Crippen LogP contribution in [0.2, 0.25) is 0 Å². The number of hydrogen-bond acceptors (Lipinski definition) is 4. The predicted octanol–water partition coefficient (Wildman–Crippen LogP) is 1.83. The molecule has 1 N–H and O–H groups in total. The van der Waals surface area contributed by atoms with E-state index in [2.05, 4.69) is 4.72 Å². The van der Waals surface area contributed by atoms with Crippen molar-refractivity contribution in [3.8, 4) is 0 Å². The quantitative estimate of drug-likeness (QED) is 0.861. The summed E-state index contributed by atoms with van der Waals surface area (Å²) < 4.78 is 44.0. The fourth-order valence-corrected chi connectivity index (χ4v) is 2.54. The Morgan fingerprint density at radius 3 is 2.20 bits per heavy atom. The third kappa shape index (κ3) is 4.90. The number of ether oxygens (including phenoxy) is 1. The Hall–Kier alpha value is -1.47. The first-order chi connectivity index (χ1) is 9.01. The largest absolute Gasteiger partial charge is 0.459 e. The predicted molar refractivity (Wildman–Crippen MR) is 72.0 cm³/mol. The van der Waals surface area contributed by atoms with E-state index in [1.54, 1.807) is 20.8 Å². The first-order valence-electron chi connectivity index (χ1n) is 6.02. The van der Waals surface area contributed by atoms with Crippen LogP contribution in [0.1, 0.15) is 27.7 Å². The summed E-state index contributed by atoms with van der Waals surface area (Å²) in [6.45, 7) is 6.44. The summed E-state index contributed by atoms with van der Waals surface area (Å²) in [5.41, 5.74) is -0.702. The Labute approximate surface area is 118 Å². The van der Waals surface area contributed by atoms with E-state index in [1.807, 2.05) is 0 Å². The minimum atomic E-state index is -3.89. The topological polar surface area (TPSA) is 72.5 Å². The molecule has 1 rings (SSSR count). The number of sulfonamides is 1. The third-order valence-electron chi connectivity index (χ3n) is 2.22. The van der Waals surface area contributed by atoms with E-state index in [-0.39, 0.29) is 4.90 Å². The number of rotatable bonds is 4. The molecule has 112 valence electrons. The van der Waals surface area contributed by atoms with Gasteiger partial charge in [0.15, 0.2) is 0 Å². The number of hydrogen-bond donors (Lipinski definition) is 1. The Bertz CT molecular complexity index is 575. The van der Waals surface area contributed by atoms with Crippen molar-refractivity contribution >= 4 is 16.0 Å². The molecule has 5 nitrogen and oxygen atoms in total. The first-order valence-corrected chi connectivity index (χ1v) is 7.50. The number of benzene rings is 1. The van der Waals surface area contributed by atoms with Crippen LogP contribution in [0.4, 0.5) is 4.39 Å². The van der Waals surface area contributed by atoms with Crippen molar-refractivity contribution in [3.05, 3.63) is 30.1 Å². The van der Waals surface area contributed by atoms with Crippen molar-refractivity contribution in [3.63, 3.8) is 0 Å². The summed E-state index contributed by atoms with van der Waals surface area (Å²) in [4.78, 5) is 11.6. The highest BCUT2D eigenvalue weighted by atomic mass is 32.2. The molecule has 1 aromatic carbocycles. The van der Waals surface area contributed by atoms with E-state index in [0.29, 0.717) is 0 Å². The lowest BCUT2D eigenvalue weighted by Crippen LogP contribution is -2.42. The Balaban J connectivity index is 2.81. The van der Waals surface area contributed by atoms with Gasteiger partial charge in [-0.05, 0) is 52.0 Å². The van der Waals surface area contributed by atoms with Gasteiger partial charge in [0.25, 0.3) is 0 Å². The molecule has 1 atom stereocenters. The molecule has 0 heterocycles. The Morgan fingerprint density at radius 1 is 1.25 bits per heavy atom. The van der Waals surface area contributed by atoms with Crippen LogP contribution in [-0.2, 0) is 19.6 Å². The maximum atomic E-state index is 12.8. The molecule has 0 aliphatic carbocycles. The van der Waals surface area contributed by atoms with Gasteiger partial charge in [0.2, 0.25) is 10.0 Å². The summed E-state index contributed by atoms with van der Waals surface area (Å²) in [7, 11) is -3.89. The number of halogens is 1. The van der Waals surface area contributed by atoms with Gasteiger partial charge in [0.1, 0.15) is 17.5 Å². The monoisotopic (exact) mass is 303 g/mol. The van der Waals surface area contributed by atoms with Gasteiger partial charge >= 0.3 is 5.97 Å². The molecule has 0 unspecified atom stereocenters. The Kier molecular flexibility index (Phi) is 4.88. The summed E-state index contributed by atoms with van der Waals surface area (Å²) in [6.07, 6.45) is 0. The molecule has 0 saturated heterocycles. The van der Waals surface area contributed by atoms with Gasteiger partial charge in [-0.2, -0.15) is 4.72 Å². The summed E-state index contributed by atoms with van der Waals surface area (Å²) in [5.74, 6) is -1.22. The minimum Gasteiger partial charge on any atom is -0.459 e. The average molecular weight is 303 g/mol. The van der Waals surface area contributed by atoms with Gasteiger partial charge in [0.05, 0.1) is 4.90 Å². The van der Waals surface area contributed by atoms with Crippen LogP contribution in [0.5, 0.6) is 0 Å². The van der Waals surface area contributed by atoms with Crippen LogP contribution in [0.15, 0.2) is 29.2 Å². The van der Waals surface area contributed by atoms with Gasteiger partial charge in [-0.25, -0.2) is 12.8 Å². The van der Waals surface area contributed by atoms with E-state index in [4.69, 9.17) is 4.74 Å². The third-order valence-corrected chi connectivity index (χ3v) is 3.77. The van der Waals surface area contributed by atoms with Crippen LogP contribution in [-0.4, -0.2) is 26.0 Å². The fraction of sp³-hybridized carbons (Fsp3) is 0.462. The van der Waals surface area contributed by atoms with Gasteiger partial charge in [0, 0.05) is 0 Å². The highest BCUT2D eigenvalue weighted by molar-refractivity contribution is 7.89. The van der Waals surface area contributed by atoms with Crippen molar-refractivity contribution in [1.29, 1.82) is 0 Å². The van der Waals surface area contributed by atoms with Crippen LogP contribution >= 0.6 is 0 Å². The lowest BCUT2D eigenvalue weighted by molar-refractivity contribution is -0.156. The molecule has 0 aliphatic rings. The molecule has 0 spiro atoms. The molecule has 20 heavy (non-hydrogen) atoms. The van der Waals surface area contributed by atoms with E-state index in [0.717, 1.165) is 24.3 Å². The normalized spacial score (nSPS) is 13.8. The molecule has 0 aromatic heterocycles. The van der Waals surface area contributed by atoms with Gasteiger partial charge in [-0.1, -0.05) is 0 Å². The first kappa shape index (κ1) is 16.6. The zero-order valence-electron chi connectivity index (χ0n) is 11.8. The van der Waals surface area contributed by atoms with E-state index in [9.17, 15) is 17.6 Å². The van der Waals surface area contributed by atoms with Crippen molar-refractivity contribution in [2.24, 2.45) is 0 Å². The van der Waals surface area contributed by atoms with E-state index in [1.165, 1.54) is 6.92 Å². The zero-order valence-corrected chi connectivity index (χ0v) is 12.6. The van der Waals surface area contributed by atoms with Crippen molar-refractivity contribution in [1.82, 2.24) is 4.72 Å². The zero-order chi connectivity index (χ0) is 15.6. The molecule has 0 bridgehead atoms. The second-order valence-corrected chi connectivity index (χ2v) is 7.04. The lowest BCUT2D eigenvalue weighted by Gasteiger charge is -2.22. The molecular formula is C13H18FNO4S. The maximum Gasteiger partial charge on any atom is 0.324 e.